The first-order valence-electron chi connectivity index (χ1n) is 19.4. The number of anilines is 1. The lowest BCUT2D eigenvalue weighted by molar-refractivity contribution is -0.274. The number of ketones is 1. The van der Waals surface area contributed by atoms with Crippen LogP contribution < -0.4 is 10.1 Å². The minimum Gasteiger partial charge on any atom is -0.406 e. The van der Waals surface area contributed by atoms with Crippen molar-refractivity contribution in [3.05, 3.63) is 142 Å². The number of carbonyl (C=O) groups is 2. The van der Waals surface area contributed by atoms with E-state index >= 15 is 0 Å². The molecule has 0 saturated heterocycles. The molecule has 0 radical (unpaired) electrons. The van der Waals surface area contributed by atoms with Gasteiger partial charge in [0.1, 0.15) is 5.75 Å². The summed E-state index contributed by atoms with van der Waals surface area (Å²) in [6.45, 7) is 4.03. The summed E-state index contributed by atoms with van der Waals surface area (Å²) in [5.41, 5.74) is 2.22. The number of rotatable bonds is 8. The number of benzene rings is 4. The summed E-state index contributed by atoms with van der Waals surface area (Å²) in [7, 11) is 0. The second-order valence-corrected chi connectivity index (χ2v) is 16.9. The molecule has 0 aliphatic heterocycles. The Kier molecular flexibility index (Phi) is 11.6. The summed E-state index contributed by atoms with van der Waals surface area (Å²) in [4.78, 5) is 30.9. The van der Waals surface area contributed by atoms with Crippen LogP contribution >= 0.6 is 11.3 Å². The van der Waals surface area contributed by atoms with Crippen LogP contribution in [0.4, 0.5) is 23.7 Å². The third kappa shape index (κ3) is 9.11. The summed E-state index contributed by atoms with van der Waals surface area (Å²) >= 11 is 1.44. The second kappa shape index (κ2) is 16.5. The van der Waals surface area contributed by atoms with Crippen molar-refractivity contribution in [1.29, 1.82) is 0 Å². The van der Waals surface area contributed by atoms with Crippen LogP contribution in [0.2, 0.25) is 0 Å². The van der Waals surface area contributed by atoms with Gasteiger partial charge in [-0.2, -0.15) is 0 Å². The molecule has 3 aliphatic rings. The number of hydrogen-bond donors (Lipinski definition) is 3. The van der Waals surface area contributed by atoms with Gasteiger partial charge in [-0.1, -0.05) is 79.2 Å². The Bertz CT molecular complexity index is 2220. The number of hydrogen-bond acceptors (Lipinski definition) is 6. The van der Waals surface area contributed by atoms with Gasteiger partial charge in [-0.15, -0.1) is 24.5 Å². The molecule has 4 unspecified atom stereocenters. The maximum Gasteiger partial charge on any atom is 0.573 e. The van der Waals surface area contributed by atoms with Gasteiger partial charge in [0.25, 0.3) is 0 Å². The topological polar surface area (TPSA) is 99.1 Å². The van der Waals surface area contributed by atoms with Crippen LogP contribution in [0.25, 0.3) is 10.1 Å². The van der Waals surface area contributed by atoms with Crippen LogP contribution in [-0.2, 0) is 13.0 Å². The van der Waals surface area contributed by atoms with Gasteiger partial charge < -0.3 is 25.2 Å². The zero-order chi connectivity index (χ0) is 40.4. The van der Waals surface area contributed by atoms with Gasteiger partial charge >= 0.3 is 12.4 Å². The number of urea groups is 1. The van der Waals surface area contributed by atoms with Gasteiger partial charge in [0.2, 0.25) is 5.78 Å². The fraction of sp³-hybridized carbons (Fsp3) is 0.348. The van der Waals surface area contributed by atoms with E-state index in [0.717, 1.165) is 26.8 Å². The van der Waals surface area contributed by atoms with E-state index in [0.29, 0.717) is 66.6 Å². The molecule has 7 nitrogen and oxygen atoms in total. The molecule has 1 fully saturated rings. The predicted octanol–water partition coefficient (Wildman–Crippen LogP) is 10.8. The van der Waals surface area contributed by atoms with Gasteiger partial charge in [0.15, 0.2) is 0 Å². The lowest BCUT2D eigenvalue weighted by Crippen LogP contribution is -2.54. The first kappa shape index (κ1) is 40.2. The fourth-order valence-electron chi connectivity index (χ4n) is 8.68. The van der Waals surface area contributed by atoms with Crippen molar-refractivity contribution in [3.8, 4) is 5.75 Å². The van der Waals surface area contributed by atoms with E-state index in [9.17, 15) is 33.0 Å². The summed E-state index contributed by atoms with van der Waals surface area (Å²) < 4.78 is 43.9. The van der Waals surface area contributed by atoms with Crippen molar-refractivity contribution >= 4 is 38.9 Å². The highest BCUT2D eigenvalue weighted by Crippen LogP contribution is 2.59. The number of amides is 2. The molecule has 57 heavy (non-hydrogen) atoms. The number of nitrogens with one attached hydrogen (secondary N) is 1. The van der Waals surface area contributed by atoms with E-state index in [-0.39, 0.29) is 30.5 Å². The molecule has 2 amide bonds. The molecule has 3 N–H and O–H groups in total. The average Bonchev–Trinajstić information content (AvgIpc) is 3.72. The van der Waals surface area contributed by atoms with Crippen LogP contribution in [0.1, 0.15) is 90.2 Å². The number of aliphatic hydroxyl groups is 2. The summed E-state index contributed by atoms with van der Waals surface area (Å²) in [5.74, 6) is -0.754. The summed E-state index contributed by atoms with van der Waals surface area (Å²) in [5, 5.41) is 28.0. The number of para-hydroxylation sites is 1. The smallest absolute Gasteiger partial charge is 0.406 e. The maximum absolute atomic E-state index is 14.6. The Morgan fingerprint density at radius 2 is 1.68 bits per heavy atom. The van der Waals surface area contributed by atoms with Crippen LogP contribution in [0.5, 0.6) is 5.75 Å². The number of alkyl halides is 3. The molecule has 0 spiro atoms. The molecule has 1 heterocycles. The molecule has 8 rings (SSSR count). The number of halogens is 3. The Hall–Kier alpha value is -4.97. The predicted molar refractivity (Wildman–Crippen MR) is 218 cm³/mol. The van der Waals surface area contributed by atoms with Gasteiger partial charge in [-0.25, -0.2) is 4.79 Å². The molecule has 4 atom stereocenters. The molecule has 298 valence electrons. The van der Waals surface area contributed by atoms with E-state index in [2.05, 4.69) is 30.0 Å². The van der Waals surface area contributed by atoms with E-state index < -0.39 is 29.5 Å². The Morgan fingerprint density at radius 1 is 0.947 bits per heavy atom. The summed E-state index contributed by atoms with van der Waals surface area (Å²) in [6, 6.07) is 29.5. The number of fused-ring (bicyclic) bond motifs is 9. The molecule has 4 aromatic carbocycles. The highest BCUT2D eigenvalue weighted by molar-refractivity contribution is 7.21. The van der Waals surface area contributed by atoms with Crippen molar-refractivity contribution in [1.82, 2.24) is 4.90 Å². The largest absolute Gasteiger partial charge is 0.573 e. The molecule has 11 heteroatoms. The number of allylic oxidation sites excluding steroid dienone is 2. The number of nitrogens with zero attached hydrogens (tertiary/aromatic N) is 1. The third-order valence-electron chi connectivity index (χ3n) is 11.9. The van der Waals surface area contributed by atoms with Gasteiger partial charge in [-0.05, 0) is 122 Å². The number of thiophene rings is 1. The average molecular weight is 797 g/mol. The normalized spacial score (nSPS) is 22.7. The molecule has 1 saturated carbocycles. The molecular weight excluding hydrogens is 750 g/mol. The zero-order valence-corrected chi connectivity index (χ0v) is 32.8. The zero-order valence-electron chi connectivity index (χ0n) is 32.0. The monoisotopic (exact) mass is 796 g/mol. The van der Waals surface area contributed by atoms with E-state index in [1.807, 2.05) is 54.6 Å². The van der Waals surface area contributed by atoms with Crippen LogP contribution in [-0.4, -0.2) is 51.5 Å². The molecular formula is C46H47F3N2O5S. The maximum atomic E-state index is 14.6. The standard InChI is InChI=1S/C46H47F3N2O5S/c1-30-9-8-23-44(2)39(37-21-17-32(25-35(52)18-14-30)26-38(37)42(53)41-27-33-10-6-7-13-40(33)57-41)22-24-45(44,55)29-51(43(54)50-34-11-4-3-5-12-34)28-31-15-19-36(20-16-31)56-46(47,48)49/h3-7,9-13,15-17,19-21,26-27,35,39,52,55H,8,14,18,22-25,28-29H2,1-2H3,(H,50,54). The van der Waals surface area contributed by atoms with Crippen molar-refractivity contribution in [2.75, 3.05) is 11.9 Å². The van der Waals surface area contributed by atoms with Crippen molar-refractivity contribution in [2.45, 2.75) is 89.3 Å². The van der Waals surface area contributed by atoms with E-state index in [1.165, 1.54) is 40.5 Å². The SMILES string of the molecule is CC1=CCCC2(C)C(CCC2(O)CN(Cc2ccc(OC(F)(F)F)cc2)C(=O)Nc2ccccc2)c2ccc(cc2C(=O)c2cc3ccccc3s2)CC(O)CC1. The van der Waals surface area contributed by atoms with E-state index in [1.54, 1.807) is 24.3 Å². The minimum absolute atomic E-state index is 0.000269. The summed E-state index contributed by atoms with van der Waals surface area (Å²) in [6.07, 6.45) is 0.483. The molecule has 1 aromatic heterocycles. The van der Waals surface area contributed by atoms with Crippen molar-refractivity contribution in [3.63, 3.8) is 0 Å². The van der Waals surface area contributed by atoms with Gasteiger partial charge in [0.05, 0.1) is 23.1 Å². The Labute approximate surface area is 334 Å². The molecule has 3 aliphatic carbocycles. The lowest BCUT2D eigenvalue weighted by Gasteiger charge is -2.46. The van der Waals surface area contributed by atoms with Crippen molar-refractivity contribution in [2.24, 2.45) is 5.41 Å². The van der Waals surface area contributed by atoms with Crippen LogP contribution in [0.15, 0.2) is 115 Å². The Morgan fingerprint density at radius 3 is 2.42 bits per heavy atom. The first-order valence-corrected chi connectivity index (χ1v) is 20.2. The van der Waals surface area contributed by atoms with Gasteiger partial charge in [-0.3, -0.25) is 4.79 Å². The highest BCUT2D eigenvalue weighted by Gasteiger charge is 2.57. The molecule has 2 bridgehead atoms. The van der Waals surface area contributed by atoms with Gasteiger partial charge in [0, 0.05) is 27.9 Å². The number of ether oxygens (including phenoxy) is 1. The third-order valence-corrected chi connectivity index (χ3v) is 13.0. The minimum atomic E-state index is -4.84. The second-order valence-electron chi connectivity index (χ2n) is 15.8. The van der Waals surface area contributed by atoms with Crippen molar-refractivity contribution < 1.29 is 37.7 Å². The lowest BCUT2D eigenvalue weighted by atomic mass is 9.64. The molecule has 5 aromatic rings. The quantitative estimate of drug-likeness (QED) is 0.107. The Balaban J connectivity index is 1.28. The highest BCUT2D eigenvalue weighted by atomic mass is 32.1. The fourth-order valence-corrected chi connectivity index (χ4v) is 9.70. The van der Waals surface area contributed by atoms with Crippen LogP contribution in [0, 0.1) is 5.41 Å². The number of aliphatic hydroxyl groups excluding tert-OH is 1. The number of carbonyl (C=O) groups excluding carboxylic acids is 2. The van der Waals surface area contributed by atoms with Crippen LogP contribution in [0.3, 0.4) is 0 Å². The van der Waals surface area contributed by atoms with E-state index in [4.69, 9.17) is 0 Å². The first-order chi connectivity index (χ1) is 27.2.